The van der Waals surface area contributed by atoms with Gasteiger partial charge in [0.25, 0.3) is 0 Å². The Labute approximate surface area is 159 Å². The van der Waals surface area contributed by atoms with Crippen molar-refractivity contribution < 1.29 is 14.8 Å². The Bertz CT molecular complexity index is 1030. The standard InChI is InChI=1S/C20H13ClN2O4/c21-16-10-15(20(25)18(11-16)23(26)27)12-22-17-8-6-14(7-9-17)19(24)13-4-2-1-3-5-13/h1-12,25H. The smallest absolute Gasteiger partial charge is 0.312 e. The largest absolute Gasteiger partial charge is 0.502 e. The van der Waals surface area contributed by atoms with Crippen LogP contribution in [0.3, 0.4) is 0 Å². The Morgan fingerprint density at radius 3 is 2.30 bits per heavy atom. The molecule has 0 heterocycles. The van der Waals surface area contributed by atoms with Crippen LogP contribution in [-0.2, 0) is 0 Å². The number of halogens is 1. The highest BCUT2D eigenvalue weighted by Gasteiger charge is 2.17. The maximum absolute atomic E-state index is 12.4. The molecule has 7 heteroatoms. The molecule has 0 amide bonds. The summed E-state index contributed by atoms with van der Waals surface area (Å²) in [6, 6.07) is 17.9. The van der Waals surface area contributed by atoms with Crippen LogP contribution in [0.4, 0.5) is 11.4 Å². The Morgan fingerprint density at radius 2 is 1.67 bits per heavy atom. The van der Waals surface area contributed by atoms with Crippen molar-refractivity contribution in [2.45, 2.75) is 0 Å². The number of phenols is 1. The van der Waals surface area contributed by atoms with Gasteiger partial charge in [0.1, 0.15) is 0 Å². The van der Waals surface area contributed by atoms with Crippen LogP contribution in [0.25, 0.3) is 0 Å². The van der Waals surface area contributed by atoms with E-state index >= 15 is 0 Å². The SMILES string of the molecule is O=C(c1ccccc1)c1ccc(N=Cc2cc(Cl)cc([N+](=O)[O-])c2O)cc1. The van der Waals surface area contributed by atoms with Gasteiger partial charge in [-0.2, -0.15) is 0 Å². The summed E-state index contributed by atoms with van der Waals surface area (Å²) in [5.74, 6) is -0.613. The van der Waals surface area contributed by atoms with Gasteiger partial charge < -0.3 is 5.11 Å². The van der Waals surface area contributed by atoms with E-state index in [0.29, 0.717) is 16.8 Å². The number of nitro benzene ring substituents is 1. The number of aromatic hydroxyl groups is 1. The molecule has 0 fully saturated rings. The summed E-state index contributed by atoms with van der Waals surface area (Å²) >= 11 is 5.85. The van der Waals surface area contributed by atoms with Crippen molar-refractivity contribution in [1.82, 2.24) is 0 Å². The topological polar surface area (TPSA) is 92.8 Å². The second-order valence-corrected chi connectivity index (χ2v) is 6.06. The first-order valence-electron chi connectivity index (χ1n) is 7.86. The third-order valence-corrected chi connectivity index (χ3v) is 4.02. The van der Waals surface area contributed by atoms with Crippen molar-refractivity contribution in [2.75, 3.05) is 0 Å². The predicted molar refractivity (Wildman–Crippen MR) is 103 cm³/mol. The molecular weight excluding hydrogens is 368 g/mol. The van der Waals surface area contributed by atoms with Crippen molar-refractivity contribution in [3.8, 4) is 5.75 Å². The molecule has 3 rings (SSSR count). The monoisotopic (exact) mass is 380 g/mol. The van der Waals surface area contributed by atoms with Gasteiger partial charge in [0.05, 0.1) is 10.6 Å². The summed E-state index contributed by atoms with van der Waals surface area (Å²) in [6.45, 7) is 0. The normalized spacial score (nSPS) is 10.9. The van der Waals surface area contributed by atoms with Crippen LogP contribution in [-0.4, -0.2) is 22.0 Å². The van der Waals surface area contributed by atoms with Crippen molar-refractivity contribution >= 4 is 35.0 Å². The van der Waals surface area contributed by atoms with E-state index in [1.165, 1.54) is 12.3 Å². The highest BCUT2D eigenvalue weighted by Crippen LogP contribution is 2.32. The zero-order chi connectivity index (χ0) is 19.4. The van der Waals surface area contributed by atoms with E-state index in [-0.39, 0.29) is 16.4 Å². The Balaban J connectivity index is 1.83. The molecule has 27 heavy (non-hydrogen) atoms. The van der Waals surface area contributed by atoms with Crippen molar-refractivity contribution in [3.63, 3.8) is 0 Å². The lowest BCUT2D eigenvalue weighted by atomic mass is 10.0. The summed E-state index contributed by atoms with van der Waals surface area (Å²) in [5, 5.41) is 21.0. The number of carbonyl (C=O) groups excluding carboxylic acids is 1. The maximum Gasteiger partial charge on any atom is 0.312 e. The maximum atomic E-state index is 12.4. The highest BCUT2D eigenvalue weighted by molar-refractivity contribution is 6.31. The summed E-state index contributed by atoms with van der Waals surface area (Å²) in [5.41, 5.74) is 1.25. The van der Waals surface area contributed by atoms with Gasteiger partial charge in [0.15, 0.2) is 5.78 Å². The average molecular weight is 381 g/mol. The molecule has 1 N–H and O–H groups in total. The molecule has 0 saturated heterocycles. The molecule has 0 aliphatic carbocycles. The zero-order valence-electron chi connectivity index (χ0n) is 13.9. The second kappa shape index (κ2) is 7.80. The van der Waals surface area contributed by atoms with Crippen LogP contribution in [0, 0.1) is 10.1 Å². The molecule has 0 radical (unpaired) electrons. The van der Waals surface area contributed by atoms with E-state index in [2.05, 4.69) is 4.99 Å². The molecule has 0 aliphatic rings. The van der Waals surface area contributed by atoms with Gasteiger partial charge in [-0.05, 0) is 30.3 Å². The van der Waals surface area contributed by atoms with Crippen LogP contribution in [0.2, 0.25) is 5.02 Å². The van der Waals surface area contributed by atoms with E-state index in [1.807, 2.05) is 6.07 Å². The van der Waals surface area contributed by atoms with E-state index in [9.17, 15) is 20.0 Å². The molecule has 0 atom stereocenters. The molecule has 0 saturated carbocycles. The Hall–Kier alpha value is -3.51. The molecule has 3 aromatic rings. The van der Waals surface area contributed by atoms with E-state index in [4.69, 9.17) is 11.6 Å². The number of carbonyl (C=O) groups is 1. The molecule has 0 aromatic heterocycles. The van der Waals surface area contributed by atoms with Crippen LogP contribution in [0.1, 0.15) is 21.5 Å². The van der Waals surface area contributed by atoms with Crippen LogP contribution in [0.5, 0.6) is 5.75 Å². The second-order valence-electron chi connectivity index (χ2n) is 5.62. The first-order chi connectivity index (χ1) is 13.0. The molecule has 0 unspecified atom stereocenters. The number of ketones is 1. The summed E-state index contributed by atoms with van der Waals surface area (Å²) in [6.07, 6.45) is 1.28. The molecule has 134 valence electrons. The fourth-order valence-corrected chi connectivity index (χ4v) is 2.66. The first-order valence-corrected chi connectivity index (χ1v) is 8.24. The van der Waals surface area contributed by atoms with Crippen molar-refractivity contribution in [2.24, 2.45) is 4.99 Å². The van der Waals surface area contributed by atoms with Crippen LogP contribution in [0.15, 0.2) is 71.7 Å². The lowest BCUT2D eigenvalue weighted by Crippen LogP contribution is -2.00. The zero-order valence-corrected chi connectivity index (χ0v) is 14.6. The number of hydrogen-bond acceptors (Lipinski definition) is 5. The molecule has 0 aliphatic heterocycles. The van der Waals surface area contributed by atoms with Gasteiger partial charge in [-0.1, -0.05) is 41.9 Å². The molecule has 6 nitrogen and oxygen atoms in total. The minimum Gasteiger partial charge on any atom is -0.502 e. The number of nitro groups is 1. The Kier molecular flexibility index (Phi) is 5.28. The predicted octanol–water partition coefficient (Wildman–Crippen LogP) is 4.94. The lowest BCUT2D eigenvalue weighted by Gasteiger charge is -2.03. The molecular formula is C20H13ClN2O4. The lowest BCUT2D eigenvalue weighted by molar-refractivity contribution is -0.385. The van der Waals surface area contributed by atoms with Gasteiger partial charge in [0.2, 0.25) is 5.75 Å². The van der Waals surface area contributed by atoms with Gasteiger partial charge in [-0.15, -0.1) is 0 Å². The molecule has 3 aromatic carbocycles. The van der Waals surface area contributed by atoms with Crippen molar-refractivity contribution in [1.29, 1.82) is 0 Å². The number of hydrogen-bond donors (Lipinski definition) is 1. The summed E-state index contributed by atoms with van der Waals surface area (Å²) in [7, 11) is 0. The van der Waals surface area contributed by atoms with Gasteiger partial charge in [-0.25, -0.2) is 0 Å². The van der Waals surface area contributed by atoms with Gasteiger partial charge in [0, 0.05) is 34.0 Å². The van der Waals surface area contributed by atoms with E-state index in [1.54, 1.807) is 48.5 Å². The third-order valence-electron chi connectivity index (χ3n) is 3.80. The number of nitrogens with zero attached hydrogens (tertiary/aromatic N) is 2. The Morgan fingerprint density at radius 1 is 1.04 bits per heavy atom. The number of benzene rings is 3. The van der Waals surface area contributed by atoms with E-state index < -0.39 is 16.4 Å². The fourth-order valence-electron chi connectivity index (χ4n) is 2.44. The fraction of sp³-hybridized carbons (Fsp3) is 0. The van der Waals surface area contributed by atoms with Gasteiger partial charge in [-0.3, -0.25) is 19.9 Å². The number of aliphatic imine (C=N–C) groups is 1. The van der Waals surface area contributed by atoms with Crippen LogP contribution < -0.4 is 0 Å². The number of rotatable bonds is 5. The van der Waals surface area contributed by atoms with E-state index in [0.717, 1.165) is 6.07 Å². The summed E-state index contributed by atoms with van der Waals surface area (Å²) < 4.78 is 0. The molecule has 0 spiro atoms. The first kappa shape index (κ1) is 18.3. The highest BCUT2D eigenvalue weighted by atomic mass is 35.5. The molecule has 0 bridgehead atoms. The number of phenolic OH excluding ortho intramolecular Hbond substituents is 1. The van der Waals surface area contributed by atoms with Crippen LogP contribution >= 0.6 is 11.6 Å². The van der Waals surface area contributed by atoms with Gasteiger partial charge >= 0.3 is 5.69 Å². The summed E-state index contributed by atoms with van der Waals surface area (Å²) in [4.78, 5) is 26.8. The minimum atomic E-state index is -0.720. The minimum absolute atomic E-state index is 0.103. The van der Waals surface area contributed by atoms with Crippen molar-refractivity contribution in [3.05, 3.63) is 98.6 Å². The third kappa shape index (κ3) is 4.19. The average Bonchev–Trinajstić information content (AvgIpc) is 2.68. The quantitative estimate of drug-likeness (QED) is 0.294.